The summed E-state index contributed by atoms with van der Waals surface area (Å²) in [5.41, 5.74) is 0. The second-order valence-corrected chi connectivity index (χ2v) is 5.58. The molecule has 2 amide bonds. The second kappa shape index (κ2) is 7.26. The van der Waals surface area contributed by atoms with E-state index in [1.54, 1.807) is 4.90 Å². The summed E-state index contributed by atoms with van der Waals surface area (Å²) in [6.07, 6.45) is 1.97. The molecule has 0 saturated carbocycles. The standard InChI is InChI=1S/C14H24N2O4/c1-9(2)8-11(14(19)20-4)15-13(18)12-6-5-7-16(12)10(3)17/h9,11-12H,5-8H2,1-4H3,(H,15,18). The highest BCUT2D eigenvalue weighted by atomic mass is 16.5. The minimum Gasteiger partial charge on any atom is -0.467 e. The van der Waals surface area contributed by atoms with Crippen molar-refractivity contribution >= 4 is 17.8 Å². The van der Waals surface area contributed by atoms with Crippen molar-refractivity contribution in [2.24, 2.45) is 5.92 Å². The Morgan fingerprint density at radius 2 is 2.00 bits per heavy atom. The predicted molar refractivity (Wildman–Crippen MR) is 73.8 cm³/mol. The molecule has 2 atom stereocenters. The van der Waals surface area contributed by atoms with Gasteiger partial charge in [0.05, 0.1) is 7.11 Å². The van der Waals surface area contributed by atoms with E-state index in [4.69, 9.17) is 4.74 Å². The number of carbonyl (C=O) groups excluding carboxylic acids is 3. The number of hydrogen-bond donors (Lipinski definition) is 1. The lowest BCUT2D eigenvalue weighted by Gasteiger charge is -2.25. The van der Waals surface area contributed by atoms with Crippen LogP contribution in [0.15, 0.2) is 0 Å². The molecule has 0 spiro atoms. The van der Waals surface area contributed by atoms with Crippen LogP contribution in [0.5, 0.6) is 0 Å². The molecule has 1 heterocycles. The van der Waals surface area contributed by atoms with Gasteiger partial charge in [0.1, 0.15) is 12.1 Å². The number of rotatable bonds is 5. The monoisotopic (exact) mass is 284 g/mol. The summed E-state index contributed by atoms with van der Waals surface area (Å²) in [5, 5.41) is 2.72. The van der Waals surface area contributed by atoms with E-state index < -0.39 is 18.1 Å². The molecule has 1 N–H and O–H groups in total. The van der Waals surface area contributed by atoms with Gasteiger partial charge in [-0.15, -0.1) is 0 Å². The van der Waals surface area contributed by atoms with Crippen molar-refractivity contribution in [3.63, 3.8) is 0 Å². The number of likely N-dealkylation sites (tertiary alicyclic amines) is 1. The minimum absolute atomic E-state index is 0.110. The molecule has 2 unspecified atom stereocenters. The summed E-state index contributed by atoms with van der Waals surface area (Å²) < 4.78 is 4.72. The van der Waals surface area contributed by atoms with Crippen LogP contribution >= 0.6 is 0 Å². The molecule has 6 heteroatoms. The molecule has 0 aromatic rings. The third-order valence-corrected chi connectivity index (χ3v) is 3.47. The molecule has 0 aromatic heterocycles. The van der Waals surface area contributed by atoms with Gasteiger partial charge in [-0.3, -0.25) is 9.59 Å². The van der Waals surface area contributed by atoms with Crippen LogP contribution in [0.25, 0.3) is 0 Å². The Bertz CT molecular complexity index is 381. The first-order valence-corrected chi connectivity index (χ1v) is 7.02. The molecule has 0 aromatic carbocycles. The summed E-state index contributed by atoms with van der Waals surface area (Å²) in [7, 11) is 1.30. The van der Waals surface area contributed by atoms with Gasteiger partial charge in [-0.2, -0.15) is 0 Å². The lowest BCUT2D eigenvalue weighted by atomic mass is 10.0. The molecule has 0 radical (unpaired) electrons. The predicted octanol–water partition coefficient (Wildman–Crippen LogP) is 0.701. The summed E-state index contributed by atoms with van der Waals surface area (Å²) in [5.74, 6) is -0.568. The van der Waals surface area contributed by atoms with Gasteiger partial charge >= 0.3 is 5.97 Å². The van der Waals surface area contributed by atoms with Crippen molar-refractivity contribution in [3.05, 3.63) is 0 Å². The Balaban J connectivity index is 2.70. The van der Waals surface area contributed by atoms with E-state index in [0.29, 0.717) is 19.4 Å². The first-order chi connectivity index (χ1) is 9.36. The fraction of sp³-hybridized carbons (Fsp3) is 0.786. The molecule has 1 aliphatic heterocycles. The number of carbonyl (C=O) groups is 3. The van der Waals surface area contributed by atoms with E-state index in [0.717, 1.165) is 6.42 Å². The van der Waals surface area contributed by atoms with Crippen LogP contribution in [-0.4, -0.2) is 48.4 Å². The quantitative estimate of drug-likeness (QED) is 0.754. The number of hydrogen-bond acceptors (Lipinski definition) is 4. The first-order valence-electron chi connectivity index (χ1n) is 7.02. The van der Waals surface area contributed by atoms with Crippen LogP contribution in [0.1, 0.15) is 40.0 Å². The topological polar surface area (TPSA) is 75.7 Å². The zero-order valence-electron chi connectivity index (χ0n) is 12.6. The smallest absolute Gasteiger partial charge is 0.328 e. The van der Waals surface area contributed by atoms with E-state index in [2.05, 4.69) is 5.32 Å². The van der Waals surface area contributed by atoms with Gasteiger partial charge in [0.2, 0.25) is 11.8 Å². The number of methoxy groups -OCH3 is 1. The van der Waals surface area contributed by atoms with Gasteiger partial charge in [-0.25, -0.2) is 4.79 Å². The highest BCUT2D eigenvalue weighted by Crippen LogP contribution is 2.18. The summed E-state index contributed by atoms with van der Waals surface area (Å²) in [4.78, 5) is 37.0. The third-order valence-electron chi connectivity index (χ3n) is 3.47. The number of esters is 1. The maximum atomic E-state index is 12.3. The molecule has 0 aliphatic carbocycles. The second-order valence-electron chi connectivity index (χ2n) is 5.58. The Labute approximate surface area is 119 Å². The van der Waals surface area contributed by atoms with Crippen molar-refractivity contribution in [3.8, 4) is 0 Å². The van der Waals surface area contributed by atoms with Crippen LogP contribution in [0, 0.1) is 5.92 Å². The normalized spacial score (nSPS) is 19.9. The van der Waals surface area contributed by atoms with Crippen molar-refractivity contribution in [2.45, 2.75) is 52.1 Å². The molecule has 6 nitrogen and oxygen atoms in total. The highest BCUT2D eigenvalue weighted by molar-refractivity contribution is 5.90. The SMILES string of the molecule is COC(=O)C(CC(C)C)NC(=O)C1CCCN1C(C)=O. The summed E-state index contributed by atoms with van der Waals surface area (Å²) in [6, 6.07) is -1.12. The van der Waals surface area contributed by atoms with Gasteiger partial charge in [0.25, 0.3) is 0 Å². The first kappa shape index (κ1) is 16.5. The maximum Gasteiger partial charge on any atom is 0.328 e. The molecule has 1 rings (SSSR count). The van der Waals surface area contributed by atoms with Crippen molar-refractivity contribution in [1.82, 2.24) is 10.2 Å². The minimum atomic E-state index is -0.651. The van der Waals surface area contributed by atoms with Crippen molar-refractivity contribution in [1.29, 1.82) is 0 Å². The Kier molecular flexibility index (Phi) is 5.98. The van der Waals surface area contributed by atoms with Gasteiger partial charge in [0, 0.05) is 13.5 Å². The van der Waals surface area contributed by atoms with Crippen LogP contribution in [0.2, 0.25) is 0 Å². The molecule has 20 heavy (non-hydrogen) atoms. The number of ether oxygens (including phenoxy) is 1. The van der Waals surface area contributed by atoms with Gasteiger partial charge < -0.3 is 15.0 Å². The zero-order valence-corrected chi connectivity index (χ0v) is 12.6. The molecule has 1 fully saturated rings. The van der Waals surface area contributed by atoms with Crippen molar-refractivity contribution < 1.29 is 19.1 Å². The zero-order chi connectivity index (χ0) is 15.3. The van der Waals surface area contributed by atoms with E-state index in [9.17, 15) is 14.4 Å². The lowest BCUT2D eigenvalue weighted by Crippen LogP contribution is -2.51. The summed E-state index contributed by atoms with van der Waals surface area (Å²) >= 11 is 0. The Morgan fingerprint density at radius 1 is 1.35 bits per heavy atom. The number of nitrogens with one attached hydrogen (secondary N) is 1. The van der Waals surface area contributed by atoms with Crippen LogP contribution < -0.4 is 5.32 Å². The Hall–Kier alpha value is -1.59. The van der Waals surface area contributed by atoms with Crippen molar-refractivity contribution in [2.75, 3.05) is 13.7 Å². The largest absolute Gasteiger partial charge is 0.467 e. The lowest BCUT2D eigenvalue weighted by molar-refractivity contribution is -0.146. The number of amides is 2. The van der Waals surface area contributed by atoms with Gasteiger partial charge in [-0.1, -0.05) is 13.8 Å². The molecule has 1 aliphatic rings. The fourth-order valence-electron chi connectivity index (χ4n) is 2.51. The third kappa shape index (κ3) is 4.21. The van der Waals surface area contributed by atoms with E-state index >= 15 is 0 Å². The molecule has 114 valence electrons. The van der Waals surface area contributed by atoms with E-state index in [1.165, 1.54) is 14.0 Å². The van der Waals surface area contributed by atoms with E-state index in [1.807, 2.05) is 13.8 Å². The van der Waals surface area contributed by atoms with Gasteiger partial charge in [0.15, 0.2) is 0 Å². The van der Waals surface area contributed by atoms with Crippen LogP contribution in [0.3, 0.4) is 0 Å². The molecule has 0 bridgehead atoms. The average Bonchev–Trinajstić information content (AvgIpc) is 2.85. The molecular formula is C14H24N2O4. The van der Waals surface area contributed by atoms with E-state index in [-0.39, 0.29) is 17.7 Å². The molecular weight excluding hydrogens is 260 g/mol. The maximum absolute atomic E-state index is 12.3. The van der Waals surface area contributed by atoms with Gasteiger partial charge in [-0.05, 0) is 25.2 Å². The fourth-order valence-corrected chi connectivity index (χ4v) is 2.51. The highest BCUT2D eigenvalue weighted by Gasteiger charge is 2.34. The number of nitrogens with zero attached hydrogens (tertiary/aromatic N) is 1. The van der Waals surface area contributed by atoms with Crippen LogP contribution in [-0.2, 0) is 19.1 Å². The summed E-state index contributed by atoms with van der Waals surface area (Å²) in [6.45, 7) is 6.00. The molecule has 1 saturated heterocycles. The average molecular weight is 284 g/mol. The van der Waals surface area contributed by atoms with Crippen LogP contribution in [0.4, 0.5) is 0 Å². The Morgan fingerprint density at radius 3 is 2.50 bits per heavy atom.